The first-order chi connectivity index (χ1) is 6.22. The molecule has 1 heteroatoms. The quantitative estimate of drug-likeness (QED) is 0.643. The van der Waals surface area contributed by atoms with Gasteiger partial charge in [0.2, 0.25) is 0 Å². The van der Waals surface area contributed by atoms with Gasteiger partial charge in [-0.1, -0.05) is 32.9 Å². The van der Waals surface area contributed by atoms with Gasteiger partial charge in [0.1, 0.15) is 0 Å². The molecule has 0 amide bonds. The Kier molecular flexibility index (Phi) is 16.6. The molecule has 80 valence electrons. The Morgan fingerprint density at radius 2 is 1.85 bits per heavy atom. The van der Waals surface area contributed by atoms with E-state index in [0.29, 0.717) is 6.04 Å². The summed E-state index contributed by atoms with van der Waals surface area (Å²) in [5, 5.41) is 3.38. The summed E-state index contributed by atoms with van der Waals surface area (Å²) in [5.74, 6) is 0. The Balaban J connectivity index is 0. The third-order valence-electron chi connectivity index (χ3n) is 1.83. The molecule has 0 aromatic rings. The molecule has 0 fully saturated rings. The van der Waals surface area contributed by atoms with Crippen LogP contribution in [-0.2, 0) is 0 Å². The summed E-state index contributed by atoms with van der Waals surface area (Å²) >= 11 is 0. The Bertz CT molecular complexity index is 97.3. The van der Waals surface area contributed by atoms with Gasteiger partial charge in [-0.15, -0.1) is 0 Å². The van der Waals surface area contributed by atoms with Gasteiger partial charge in [0.05, 0.1) is 0 Å². The fraction of sp³-hybridized carbons (Fsp3) is 0.833. The maximum atomic E-state index is 3.38. The van der Waals surface area contributed by atoms with E-state index in [1.54, 1.807) is 0 Å². The van der Waals surface area contributed by atoms with E-state index in [1.807, 2.05) is 6.92 Å². The van der Waals surface area contributed by atoms with E-state index >= 15 is 0 Å². The van der Waals surface area contributed by atoms with E-state index < -0.39 is 0 Å². The molecule has 1 N–H and O–H groups in total. The van der Waals surface area contributed by atoms with Crippen molar-refractivity contribution in [3.8, 4) is 0 Å². The van der Waals surface area contributed by atoms with Crippen molar-refractivity contribution < 1.29 is 0 Å². The molecule has 0 aliphatic heterocycles. The van der Waals surface area contributed by atoms with Crippen molar-refractivity contribution in [3.05, 3.63) is 12.2 Å². The highest BCUT2D eigenvalue weighted by molar-refractivity contribution is 4.73. The van der Waals surface area contributed by atoms with E-state index in [4.69, 9.17) is 0 Å². The minimum atomic E-state index is 0.704. The zero-order valence-corrected chi connectivity index (χ0v) is 10.1. The Labute approximate surface area is 84.6 Å². The molecule has 0 aliphatic carbocycles. The van der Waals surface area contributed by atoms with Crippen LogP contribution in [0.2, 0.25) is 0 Å². The molecule has 1 unspecified atom stereocenters. The number of hydrogen-bond donors (Lipinski definition) is 1. The predicted octanol–water partition coefficient (Wildman–Crippen LogP) is 3.76. The minimum Gasteiger partial charge on any atom is -0.314 e. The Hall–Kier alpha value is -0.300. The normalized spacial score (nSPS) is 12.4. The molecular weight excluding hydrogens is 158 g/mol. The maximum Gasteiger partial charge on any atom is 0.00360 e. The van der Waals surface area contributed by atoms with Gasteiger partial charge in [0.15, 0.2) is 0 Å². The summed E-state index contributed by atoms with van der Waals surface area (Å²) in [6, 6.07) is 0.704. The first-order valence-electron chi connectivity index (χ1n) is 5.57. The third-order valence-corrected chi connectivity index (χ3v) is 1.83. The molecule has 0 heterocycles. The van der Waals surface area contributed by atoms with Gasteiger partial charge >= 0.3 is 0 Å². The van der Waals surface area contributed by atoms with Crippen LogP contribution in [0.4, 0.5) is 0 Å². The second kappa shape index (κ2) is 14.2. The molecule has 0 saturated carbocycles. The molecule has 13 heavy (non-hydrogen) atoms. The van der Waals surface area contributed by atoms with Crippen LogP contribution in [0.5, 0.6) is 0 Å². The van der Waals surface area contributed by atoms with Crippen molar-refractivity contribution in [3.63, 3.8) is 0 Å². The smallest absolute Gasteiger partial charge is 0.00360 e. The summed E-state index contributed by atoms with van der Waals surface area (Å²) in [7, 11) is 0. The molecule has 0 rings (SSSR count). The zero-order valence-electron chi connectivity index (χ0n) is 10.1. The number of nitrogens with one attached hydrogen (secondary N) is 1. The molecule has 0 radical (unpaired) electrons. The van der Waals surface area contributed by atoms with E-state index in [2.05, 4.69) is 45.2 Å². The van der Waals surface area contributed by atoms with Crippen molar-refractivity contribution in [1.29, 1.82) is 0 Å². The molecule has 0 bridgehead atoms. The molecule has 0 aliphatic rings. The first-order valence-corrected chi connectivity index (χ1v) is 5.57. The van der Waals surface area contributed by atoms with Crippen molar-refractivity contribution in [2.45, 2.75) is 59.9 Å². The van der Waals surface area contributed by atoms with Gasteiger partial charge in [0, 0.05) is 6.04 Å². The third kappa shape index (κ3) is 18.6. The lowest BCUT2D eigenvalue weighted by Crippen LogP contribution is -2.25. The van der Waals surface area contributed by atoms with E-state index in [9.17, 15) is 0 Å². The molecule has 0 aromatic heterocycles. The SMILES string of the molecule is C/C=C/CC.CCCNC(C)CC. The van der Waals surface area contributed by atoms with Crippen molar-refractivity contribution in [1.82, 2.24) is 5.32 Å². The fourth-order valence-electron chi connectivity index (χ4n) is 0.771. The Morgan fingerprint density at radius 3 is 2.08 bits per heavy atom. The summed E-state index contributed by atoms with van der Waals surface area (Å²) in [6.45, 7) is 11.9. The molecule has 0 aromatic carbocycles. The molecule has 0 saturated heterocycles. The summed E-state index contributed by atoms with van der Waals surface area (Å²) < 4.78 is 0. The van der Waals surface area contributed by atoms with Crippen molar-refractivity contribution in [2.24, 2.45) is 0 Å². The van der Waals surface area contributed by atoms with Gasteiger partial charge in [0.25, 0.3) is 0 Å². The standard InChI is InChI=1S/C7H17N.C5H10/c1-4-6-8-7(3)5-2;1-3-5-4-2/h7-8H,4-6H2,1-3H3;3,5H,4H2,1-2H3/b;5-3+. The monoisotopic (exact) mass is 185 g/mol. The highest BCUT2D eigenvalue weighted by atomic mass is 14.9. The van der Waals surface area contributed by atoms with E-state index in [-0.39, 0.29) is 0 Å². The van der Waals surface area contributed by atoms with Crippen LogP contribution in [-0.4, -0.2) is 12.6 Å². The van der Waals surface area contributed by atoms with Crippen LogP contribution in [0.25, 0.3) is 0 Å². The topological polar surface area (TPSA) is 12.0 Å². The maximum absolute atomic E-state index is 3.38. The largest absolute Gasteiger partial charge is 0.314 e. The van der Waals surface area contributed by atoms with Crippen LogP contribution >= 0.6 is 0 Å². The molecule has 1 nitrogen and oxygen atoms in total. The van der Waals surface area contributed by atoms with Crippen molar-refractivity contribution >= 4 is 0 Å². The van der Waals surface area contributed by atoms with Crippen LogP contribution in [0.15, 0.2) is 12.2 Å². The number of hydrogen-bond acceptors (Lipinski definition) is 1. The average Bonchev–Trinajstić information content (AvgIpc) is 2.16. The molecular formula is C12H27N. The van der Waals surface area contributed by atoms with Gasteiger partial charge in [-0.05, 0) is 39.7 Å². The van der Waals surface area contributed by atoms with Gasteiger partial charge in [-0.2, -0.15) is 0 Å². The van der Waals surface area contributed by atoms with Crippen molar-refractivity contribution in [2.75, 3.05) is 6.54 Å². The second-order valence-corrected chi connectivity index (χ2v) is 3.24. The lowest BCUT2D eigenvalue weighted by Gasteiger charge is -2.08. The lowest BCUT2D eigenvalue weighted by atomic mass is 10.2. The minimum absolute atomic E-state index is 0.704. The summed E-state index contributed by atoms with van der Waals surface area (Å²) in [5.41, 5.74) is 0. The van der Waals surface area contributed by atoms with E-state index in [0.717, 1.165) is 13.0 Å². The molecule has 0 spiro atoms. The van der Waals surface area contributed by atoms with Gasteiger partial charge in [-0.3, -0.25) is 0 Å². The van der Waals surface area contributed by atoms with Crippen LogP contribution in [0.1, 0.15) is 53.9 Å². The van der Waals surface area contributed by atoms with Gasteiger partial charge < -0.3 is 5.32 Å². The number of rotatable bonds is 5. The fourth-order valence-corrected chi connectivity index (χ4v) is 0.771. The summed E-state index contributed by atoms with van der Waals surface area (Å²) in [6.07, 6.45) is 7.82. The predicted molar refractivity (Wildman–Crippen MR) is 63.2 cm³/mol. The average molecular weight is 185 g/mol. The lowest BCUT2D eigenvalue weighted by molar-refractivity contribution is 0.533. The van der Waals surface area contributed by atoms with E-state index in [1.165, 1.54) is 12.8 Å². The van der Waals surface area contributed by atoms with Crippen LogP contribution < -0.4 is 5.32 Å². The first kappa shape index (κ1) is 15.2. The highest BCUT2D eigenvalue weighted by Crippen LogP contribution is 1.86. The zero-order chi connectivity index (χ0) is 10.5. The summed E-state index contributed by atoms with van der Waals surface area (Å²) in [4.78, 5) is 0. The van der Waals surface area contributed by atoms with Gasteiger partial charge in [-0.25, -0.2) is 0 Å². The highest BCUT2D eigenvalue weighted by Gasteiger charge is 1.92. The van der Waals surface area contributed by atoms with Crippen LogP contribution in [0.3, 0.4) is 0 Å². The van der Waals surface area contributed by atoms with Crippen LogP contribution in [0, 0.1) is 0 Å². The Morgan fingerprint density at radius 1 is 1.23 bits per heavy atom. The number of allylic oxidation sites excluding steroid dienone is 2. The second-order valence-electron chi connectivity index (χ2n) is 3.24. The molecule has 1 atom stereocenters.